The van der Waals surface area contributed by atoms with Gasteiger partial charge in [0.25, 0.3) is 0 Å². The summed E-state index contributed by atoms with van der Waals surface area (Å²) >= 11 is 0. The molecule has 112 valence electrons. The molecule has 0 aliphatic carbocycles. The molecule has 1 aliphatic heterocycles. The van der Waals surface area contributed by atoms with Crippen molar-refractivity contribution in [2.45, 2.75) is 6.10 Å². The number of carbonyl (C=O) groups is 3. The first-order chi connectivity index (χ1) is 9.95. The molecule has 7 nitrogen and oxygen atoms in total. The molecule has 1 saturated heterocycles. The van der Waals surface area contributed by atoms with E-state index in [-0.39, 0.29) is 23.2 Å². The van der Waals surface area contributed by atoms with Gasteiger partial charge in [0, 0.05) is 6.08 Å². The SMILES string of the molecule is C=CC(=O)OCC1CO1.O=C(O)c1ccccc1C(=O)O. The first kappa shape index (κ1) is 16.4. The van der Waals surface area contributed by atoms with Crippen molar-refractivity contribution in [3.63, 3.8) is 0 Å². The van der Waals surface area contributed by atoms with E-state index in [4.69, 9.17) is 14.9 Å². The summed E-state index contributed by atoms with van der Waals surface area (Å²) < 4.78 is 9.42. The number of esters is 1. The molecule has 1 aromatic rings. The van der Waals surface area contributed by atoms with Gasteiger partial charge < -0.3 is 19.7 Å². The van der Waals surface area contributed by atoms with E-state index in [9.17, 15) is 14.4 Å². The number of hydrogen-bond donors (Lipinski definition) is 2. The molecule has 7 heteroatoms. The molecular weight excluding hydrogens is 280 g/mol. The quantitative estimate of drug-likeness (QED) is 0.476. The van der Waals surface area contributed by atoms with Crippen LogP contribution in [0.3, 0.4) is 0 Å². The monoisotopic (exact) mass is 294 g/mol. The van der Waals surface area contributed by atoms with E-state index in [0.29, 0.717) is 13.2 Å². The van der Waals surface area contributed by atoms with Crippen LogP contribution < -0.4 is 0 Å². The van der Waals surface area contributed by atoms with Crippen molar-refractivity contribution in [3.8, 4) is 0 Å². The van der Waals surface area contributed by atoms with Crippen LogP contribution in [0.4, 0.5) is 0 Å². The molecule has 0 bridgehead atoms. The van der Waals surface area contributed by atoms with Crippen LogP contribution in [0.15, 0.2) is 36.9 Å². The van der Waals surface area contributed by atoms with Crippen LogP contribution in [0.25, 0.3) is 0 Å². The Kier molecular flexibility index (Phi) is 6.09. The third-order valence-electron chi connectivity index (χ3n) is 2.37. The fourth-order valence-electron chi connectivity index (χ4n) is 1.25. The number of ether oxygens (including phenoxy) is 2. The Morgan fingerprint density at radius 1 is 1.24 bits per heavy atom. The van der Waals surface area contributed by atoms with Gasteiger partial charge in [-0.25, -0.2) is 14.4 Å². The Morgan fingerprint density at radius 3 is 2.05 bits per heavy atom. The Morgan fingerprint density at radius 2 is 1.71 bits per heavy atom. The topological polar surface area (TPSA) is 113 Å². The van der Waals surface area contributed by atoms with Gasteiger partial charge in [0.05, 0.1) is 17.7 Å². The van der Waals surface area contributed by atoms with E-state index in [1.54, 1.807) is 0 Å². The number of benzene rings is 1. The number of hydrogen-bond acceptors (Lipinski definition) is 5. The molecule has 21 heavy (non-hydrogen) atoms. The summed E-state index contributed by atoms with van der Waals surface area (Å²) in [5.74, 6) is -2.84. The molecule has 0 radical (unpaired) electrons. The van der Waals surface area contributed by atoms with Crippen LogP contribution >= 0.6 is 0 Å². The normalized spacial score (nSPS) is 15.1. The first-order valence-electron chi connectivity index (χ1n) is 5.92. The lowest BCUT2D eigenvalue weighted by Gasteiger charge is -1.98. The van der Waals surface area contributed by atoms with Gasteiger partial charge in [0.15, 0.2) is 0 Å². The average Bonchev–Trinajstić information content (AvgIpc) is 3.29. The number of aromatic carboxylic acids is 2. The molecule has 2 N–H and O–H groups in total. The first-order valence-corrected chi connectivity index (χ1v) is 5.92. The molecular formula is C14H14O7. The van der Waals surface area contributed by atoms with E-state index < -0.39 is 11.9 Å². The lowest BCUT2D eigenvalue weighted by Crippen LogP contribution is -2.06. The van der Waals surface area contributed by atoms with Crippen LogP contribution in [-0.2, 0) is 14.3 Å². The predicted molar refractivity (Wildman–Crippen MR) is 71.3 cm³/mol. The molecule has 1 fully saturated rings. The molecule has 0 spiro atoms. The highest BCUT2D eigenvalue weighted by atomic mass is 16.6. The van der Waals surface area contributed by atoms with Crippen molar-refractivity contribution in [3.05, 3.63) is 48.0 Å². The Hall–Kier alpha value is -2.67. The van der Waals surface area contributed by atoms with E-state index in [2.05, 4.69) is 11.3 Å². The van der Waals surface area contributed by atoms with Crippen molar-refractivity contribution >= 4 is 17.9 Å². The number of carboxylic acid groups (broad SMARTS) is 2. The lowest BCUT2D eigenvalue weighted by molar-refractivity contribution is -0.138. The second-order valence-electron chi connectivity index (χ2n) is 3.95. The van der Waals surface area contributed by atoms with Crippen LogP contribution in [0, 0.1) is 0 Å². The summed E-state index contributed by atoms with van der Waals surface area (Å²) in [4.78, 5) is 31.3. The highest BCUT2D eigenvalue weighted by Crippen LogP contribution is 2.08. The van der Waals surface area contributed by atoms with E-state index in [1.165, 1.54) is 24.3 Å². The second-order valence-corrected chi connectivity index (χ2v) is 3.95. The third kappa shape index (κ3) is 5.87. The minimum atomic E-state index is -1.23. The molecule has 1 unspecified atom stereocenters. The molecule has 0 saturated carbocycles. The van der Waals surface area contributed by atoms with E-state index in [1.807, 2.05) is 0 Å². The number of rotatable bonds is 5. The lowest BCUT2D eigenvalue weighted by atomic mass is 10.1. The van der Waals surface area contributed by atoms with Crippen molar-refractivity contribution in [1.82, 2.24) is 0 Å². The van der Waals surface area contributed by atoms with Gasteiger partial charge >= 0.3 is 17.9 Å². The molecule has 0 aromatic heterocycles. The van der Waals surface area contributed by atoms with Crippen LogP contribution in [0.1, 0.15) is 20.7 Å². The largest absolute Gasteiger partial charge is 0.478 e. The predicted octanol–water partition coefficient (Wildman–Crippen LogP) is 1.20. The van der Waals surface area contributed by atoms with Crippen LogP contribution in [0.2, 0.25) is 0 Å². The minimum absolute atomic E-state index is 0.147. The Bertz CT molecular complexity index is 513. The average molecular weight is 294 g/mol. The standard InChI is InChI=1S/C8H6O4.C6H8O3/c9-7(10)5-3-1-2-4-6(5)8(11)12;1-2-6(7)9-4-5-3-8-5/h1-4H,(H,9,10)(H,11,12);2,5H,1,3-4H2. The highest BCUT2D eigenvalue weighted by molar-refractivity contribution is 6.01. The summed E-state index contributed by atoms with van der Waals surface area (Å²) in [5, 5.41) is 17.1. The summed E-state index contributed by atoms with van der Waals surface area (Å²) in [6.07, 6.45) is 1.29. The maximum absolute atomic E-state index is 10.5. The van der Waals surface area contributed by atoms with E-state index in [0.717, 1.165) is 6.08 Å². The summed E-state index contributed by atoms with van der Waals surface area (Å²) in [6, 6.07) is 5.48. The molecule has 1 aromatic carbocycles. The zero-order valence-corrected chi connectivity index (χ0v) is 11.0. The summed E-state index contributed by atoms with van der Waals surface area (Å²) in [7, 11) is 0. The summed E-state index contributed by atoms with van der Waals surface area (Å²) in [5.41, 5.74) is -0.380. The Balaban J connectivity index is 0.000000219. The van der Waals surface area contributed by atoms with Crippen molar-refractivity contribution in [2.75, 3.05) is 13.2 Å². The van der Waals surface area contributed by atoms with Crippen LogP contribution in [-0.4, -0.2) is 47.4 Å². The van der Waals surface area contributed by atoms with Gasteiger partial charge in [-0.15, -0.1) is 0 Å². The second kappa shape index (κ2) is 7.81. The molecule has 1 heterocycles. The third-order valence-corrected chi connectivity index (χ3v) is 2.37. The van der Waals surface area contributed by atoms with Crippen molar-refractivity contribution in [2.24, 2.45) is 0 Å². The molecule has 0 amide bonds. The maximum atomic E-state index is 10.5. The zero-order chi connectivity index (χ0) is 15.8. The maximum Gasteiger partial charge on any atom is 0.336 e. The van der Waals surface area contributed by atoms with Gasteiger partial charge in [-0.1, -0.05) is 18.7 Å². The molecule has 2 rings (SSSR count). The van der Waals surface area contributed by atoms with Crippen molar-refractivity contribution < 1.29 is 34.1 Å². The fourth-order valence-corrected chi connectivity index (χ4v) is 1.25. The van der Waals surface area contributed by atoms with Gasteiger partial charge in [0.2, 0.25) is 0 Å². The van der Waals surface area contributed by atoms with Gasteiger partial charge in [0.1, 0.15) is 12.7 Å². The van der Waals surface area contributed by atoms with Crippen LogP contribution in [0.5, 0.6) is 0 Å². The Labute approximate surface area is 120 Å². The number of carbonyl (C=O) groups excluding carboxylic acids is 1. The van der Waals surface area contributed by atoms with Crippen molar-refractivity contribution in [1.29, 1.82) is 0 Å². The fraction of sp³-hybridized carbons (Fsp3) is 0.214. The molecule has 1 atom stereocenters. The highest BCUT2D eigenvalue weighted by Gasteiger charge is 2.23. The van der Waals surface area contributed by atoms with Gasteiger partial charge in [-0.2, -0.15) is 0 Å². The minimum Gasteiger partial charge on any atom is -0.478 e. The number of carboxylic acids is 2. The zero-order valence-electron chi connectivity index (χ0n) is 11.0. The molecule has 1 aliphatic rings. The number of epoxide rings is 1. The van der Waals surface area contributed by atoms with Gasteiger partial charge in [-0.05, 0) is 12.1 Å². The summed E-state index contributed by atoms with van der Waals surface area (Å²) in [6.45, 7) is 4.32. The van der Waals surface area contributed by atoms with Gasteiger partial charge in [-0.3, -0.25) is 0 Å². The smallest absolute Gasteiger partial charge is 0.336 e. The van der Waals surface area contributed by atoms with E-state index >= 15 is 0 Å².